The third-order valence-corrected chi connectivity index (χ3v) is 6.54. The Kier molecular flexibility index (Phi) is 4.82. The summed E-state index contributed by atoms with van der Waals surface area (Å²) in [6.07, 6.45) is 0. The van der Waals surface area contributed by atoms with Crippen molar-refractivity contribution in [3.63, 3.8) is 0 Å². The number of thioether (sulfide) groups is 2. The second kappa shape index (κ2) is 6.81. The van der Waals surface area contributed by atoms with E-state index in [9.17, 15) is 0 Å². The van der Waals surface area contributed by atoms with E-state index >= 15 is 0 Å². The first-order valence-corrected chi connectivity index (χ1v) is 9.21. The van der Waals surface area contributed by atoms with Gasteiger partial charge in [0.25, 0.3) is 0 Å². The van der Waals surface area contributed by atoms with Gasteiger partial charge in [-0.1, -0.05) is 23.1 Å². The van der Waals surface area contributed by atoms with E-state index in [2.05, 4.69) is 27.3 Å². The zero-order chi connectivity index (χ0) is 14.7. The first-order valence-electron chi connectivity index (χ1n) is 6.53. The number of hydrogen-bond donors (Lipinski definition) is 0. The topological polar surface area (TPSA) is 47.4 Å². The maximum Gasteiger partial charge on any atom is 0.174 e. The minimum absolute atomic E-state index is 0.510. The molecule has 0 amide bonds. The molecule has 0 fully saturated rings. The van der Waals surface area contributed by atoms with E-state index in [0.717, 1.165) is 32.4 Å². The number of rotatable bonds is 5. The molecule has 1 atom stereocenters. The molecule has 0 bridgehead atoms. The Morgan fingerprint density at radius 1 is 1.29 bits per heavy atom. The van der Waals surface area contributed by atoms with Crippen molar-refractivity contribution in [1.29, 1.82) is 0 Å². The summed E-state index contributed by atoms with van der Waals surface area (Å²) in [6.45, 7) is 2.85. The molecule has 1 aliphatic heterocycles. The zero-order valence-corrected chi connectivity index (χ0v) is 14.2. The molecule has 0 saturated carbocycles. The lowest BCUT2D eigenvalue weighted by atomic mass is 10.2. The number of aryl methyl sites for hydroxylation is 1. The van der Waals surface area contributed by atoms with Gasteiger partial charge in [-0.05, 0) is 31.2 Å². The molecule has 1 aromatic carbocycles. The number of ether oxygens (including phenoxy) is 1. The SMILES string of the molecule is COc1ccc(C2=NCC(CSc3nnc(C)s3)S2)cc1. The van der Waals surface area contributed by atoms with Gasteiger partial charge in [0.2, 0.25) is 0 Å². The third kappa shape index (κ3) is 3.78. The molecule has 7 heteroatoms. The first-order chi connectivity index (χ1) is 10.2. The summed E-state index contributed by atoms with van der Waals surface area (Å²) in [4.78, 5) is 4.65. The number of aliphatic imine (C=N–C) groups is 1. The standard InChI is InChI=1S/C14H15N3OS3/c1-9-16-17-14(20-9)19-8-12-7-15-13(21-12)10-3-5-11(18-2)6-4-10/h3-6,12H,7-8H2,1-2H3. The maximum absolute atomic E-state index is 5.18. The van der Waals surface area contributed by atoms with Crippen LogP contribution in [0.3, 0.4) is 0 Å². The Hall–Kier alpha value is -1.05. The van der Waals surface area contributed by atoms with Gasteiger partial charge in [0.15, 0.2) is 4.34 Å². The number of methoxy groups -OCH3 is 1. The van der Waals surface area contributed by atoms with Gasteiger partial charge in [0.1, 0.15) is 10.8 Å². The maximum atomic E-state index is 5.18. The first kappa shape index (κ1) is 14.9. The Morgan fingerprint density at radius 3 is 2.76 bits per heavy atom. The second-order valence-electron chi connectivity index (χ2n) is 4.51. The Bertz CT molecular complexity index is 639. The molecule has 3 rings (SSSR count). The summed E-state index contributed by atoms with van der Waals surface area (Å²) in [6, 6.07) is 8.08. The molecule has 0 spiro atoms. The summed E-state index contributed by atoms with van der Waals surface area (Å²) < 4.78 is 6.23. The molecule has 0 aliphatic carbocycles. The van der Waals surface area contributed by atoms with Crippen LogP contribution in [-0.4, -0.2) is 39.9 Å². The molecule has 1 aromatic heterocycles. The zero-order valence-electron chi connectivity index (χ0n) is 11.8. The van der Waals surface area contributed by atoms with Gasteiger partial charge in [-0.15, -0.1) is 22.0 Å². The highest BCUT2D eigenvalue weighted by Crippen LogP contribution is 2.31. The predicted molar refractivity (Wildman–Crippen MR) is 91.1 cm³/mol. The van der Waals surface area contributed by atoms with Gasteiger partial charge in [0.05, 0.1) is 18.7 Å². The summed E-state index contributed by atoms with van der Waals surface area (Å²) >= 11 is 5.27. The van der Waals surface area contributed by atoms with E-state index in [1.807, 2.05) is 30.8 Å². The smallest absolute Gasteiger partial charge is 0.174 e. The van der Waals surface area contributed by atoms with Crippen molar-refractivity contribution in [2.75, 3.05) is 19.4 Å². The van der Waals surface area contributed by atoms with Crippen LogP contribution in [0.5, 0.6) is 5.75 Å². The monoisotopic (exact) mass is 337 g/mol. The number of benzene rings is 1. The van der Waals surface area contributed by atoms with Crippen LogP contribution in [0.25, 0.3) is 0 Å². The number of nitrogens with zero attached hydrogens (tertiary/aromatic N) is 3. The van der Waals surface area contributed by atoms with Gasteiger partial charge >= 0.3 is 0 Å². The minimum Gasteiger partial charge on any atom is -0.497 e. The van der Waals surface area contributed by atoms with E-state index in [1.54, 1.807) is 30.2 Å². The average molecular weight is 337 g/mol. The molecule has 21 heavy (non-hydrogen) atoms. The van der Waals surface area contributed by atoms with Crippen LogP contribution in [0.15, 0.2) is 33.6 Å². The molecule has 0 radical (unpaired) electrons. The van der Waals surface area contributed by atoms with Gasteiger partial charge in [0, 0.05) is 16.6 Å². The highest BCUT2D eigenvalue weighted by atomic mass is 32.2. The lowest BCUT2D eigenvalue weighted by molar-refractivity contribution is 0.415. The van der Waals surface area contributed by atoms with E-state index in [-0.39, 0.29) is 0 Å². The molecule has 1 unspecified atom stereocenters. The molecule has 2 heterocycles. The van der Waals surface area contributed by atoms with Gasteiger partial charge < -0.3 is 4.74 Å². The van der Waals surface area contributed by atoms with Crippen LogP contribution < -0.4 is 4.74 Å². The van der Waals surface area contributed by atoms with E-state index in [1.165, 1.54) is 5.56 Å². The number of aromatic nitrogens is 2. The van der Waals surface area contributed by atoms with Crippen molar-refractivity contribution in [3.8, 4) is 5.75 Å². The van der Waals surface area contributed by atoms with E-state index in [0.29, 0.717) is 5.25 Å². The third-order valence-electron chi connectivity index (χ3n) is 2.95. The van der Waals surface area contributed by atoms with Crippen molar-refractivity contribution >= 4 is 39.9 Å². The fourth-order valence-electron chi connectivity index (χ4n) is 1.90. The van der Waals surface area contributed by atoms with Gasteiger partial charge in [-0.25, -0.2) is 0 Å². The van der Waals surface area contributed by atoms with Crippen LogP contribution in [0, 0.1) is 6.92 Å². The fourth-order valence-corrected chi connectivity index (χ4v) is 5.01. The van der Waals surface area contributed by atoms with Crippen molar-refractivity contribution in [1.82, 2.24) is 10.2 Å². The van der Waals surface area contributed by atoms with Gasteiger partial charge in [-0.3, -0.25) is 4.99 Å². The van der Waals surface area contributed by atoms with Crippen LogP contribution in [0.2, 0.25) is 0 Å². The molecular weight excluding hydrogens is 322 g/mol. The molecule has 110 valence electrons. The normalized spacial score (nSPS) is 17.8. The molecule has 0 saturated heterocycles. The fraction of sp³-hybridized carbons (Fsp3) is 0.357. The van der Waals surface area contributed by atoms with Crippen LogP contribution >= 0.6 is 34.9 Å². The van der Waals surface area contributed by atoms with Gasteiger partial charge in [-0.2, -0.15) is 0 Å². The second-order valence-corrected chi connectivity index (χ2v) is 8.25. The molecule has 2 aromatic rings. The van der Waals surface area contributed by atoms with Crippen LogP contribution in [0.4, 0.5) is 0 Å². The van der Waals surface area contributed by atoms with Crippen molar-refractivity contribution in [2.24, 2.45) is 4.99 Å². The van der Waals surface area contributed by atoms with Crippen molar-refractivity contribution in [3.05, 3.63) is 34.8 Å². The summed E-state index contributed by atoms with van der Waals surface area (Å²) in [5.74, 6) is 1.89. The largest absolute Gasteiger partial charge is 0.497 e. The summed E-state index contributed by atoms with van der Waals surface area (Å²) in [5, 5.41) is 10.8. The van der Waals surface area contributed by atoms with E-state index < -0.39 is 0 Å². The molecular formula is C14H15N3OS3. The lowest BCUT2D eigenvalue weighted by Gasteiger charge is -2.06. The highest BCUT2D eigenvalue weighted by Gasteiger charge is 2.21. The summed E-state index contributed by atoms with van der Waals surface area (Å²) in [5.41, 5.74) is 1.17. The molecule has 4 nitrogen and oxygen atoms in total. The summed E-state index contributed by atoms with van der Waals surface area (Å²) in [7, 11) is 1.68. The minimum atomic E-state index is 0.510. The Morgan fingerprint density at radius 2 is 2.10 bits per heavy atom. The van der Waals surface area contributed by atoms with Crippen LogP contribution in [0.1, 0.15) is 10.6 Å². The lowest BCUT2D eigenvalue weighted by Crippen LogP contribution is -2.06. The molecule has 1 aliphatic rings. The van der Waals surface area contributed by atoms with Crippen LogP contribution in [-0.2, 0) is 0 Å². The van der Waals surface area contributed by atoms with Crippen molar-refractivity contribution < 1.29 is 4.74 Å². The highest BCUT2D eigenvalue weighted by molar-refractivity contribution is 8.16. The average Bonchev–Trinajstić information content (AvgIpc) is 3.14. The molecule has 0 N–H and O–H groups in total. The Balaban J connectivity index is 1.54. The van der Waals surface area contributed by atoms with E-state index in [4.69, 9.17) is 4.74 Å². The Labute approximate surface area is 136 Å². The quantitative estimate of drug-likeness (QED) is 0.781. The number of hydrogen-bond acceptors (Lipinski definition) is 7. The van der Waals surface area contributed by atoms with Crippen molar-refractivity contribution in [2.45, 2.75) is 16.5 Å². The predicted octanol–water partition coefficient (Wildman–Crippen LogP) is 3.51.